The zero-order valence-corrected chi connectivity index (χ0v) is 16.2. The predicted molar refractivity (Wildman–Crippen MR) is 104 cm³/mol. The van der Waals surface area contributed by atoms with Gasteiger partial charge in [-0.25, -0.2) is 0 Å². The van der Waals surface area contributed by atoms with Crippen molar-refractivity contribution in [1.82, 2.24) is 9.88 Å². The Balaban J connectivity index is 1.72. The van der Waals surface area contributed by atoms with Crippen LogP contribution in [0, 0.1) is 11.8 Å². The number of hydrogen-bond acceptors (Lipinski definition) is 4. The molecule has 1 saturated carbocycles. The Bertz CT molecular complexity index is 876. The SMILES string of the molecule is COCCC1C[C@H]2CN3CCc4c([nH]c5ccccc45)C(C(=O)OC)(C2)C13. The fraction of sp³-hybridized carbons (Fsp3) is 0.591. The molecule has 4 bridgehead atoms. The van der Waals surface area contributed by atoms with Crippen LogP contribution in [-0.4, -0.2) is 55.8 Å². The molecule has 4 aliphatic rings. The van der Waals surface area contributed by atoms with E-state index in [2.05, 4.69) is 34.1 Å². The van der Waals surface area contributed by atoms with Crippen molar-refractivity contribution in [3.63, 3.8) is 0 Å². The molecule has 1 aliphatic carbocycles. The minimum absolute atomic E-state index is 0.0703. The second kappa shape index (κ2) is 6.35. The van der Waals surface area contributed by atoms with Gasteiger partial charge in [0.25, 0.3) is 0 Å². The van der Waals surface area contributed by atoms with E-state index in [-0.39, 0.29) is 12.0 Å². The summed E-state index contributed by atoms with van der Waals surface area (Å²) in [5.41, 5.74) is 2.99. The van der Waals surface area contributed by atoms with E-state index in [1.165, 1.54) is 17.4 Å². The van der Waals surface area contributed by atoms with E-state index in [0.717, 1.165) is 50.2 Å². The molecule has 4 heterocycles. The molecule has 1 aromatic heterocycles. The van der Waals surface area contributed by atoms with Gasteiger partial charge >= 0.3 is 5.97 Å². The molecule has 0 amide bonds. The van der Waals surface area contributed by atoms with Crippen LogP contribution in [0.15, 0.2) is 24.3 Å². The quantitative estimate of drug-likeness (QED) is 0.843. The van der Waals surface area contributed by atoms with Crippen molar-refractivity contribution in [3.05, 3.63) is 35.5 Å². The van der Waals surface area contributed by atoms with Gasteiger partial charge in [-0.3, -0.25) is 9.69 Å². The molecule has 1 aromatic carbocycles. The molecule has 0 spiro atoms. The summed E-state index contributed by atoms with van der Waals surface area (Å²) in [5.74, 6) is 0.932. The van der Waals surface area contributed by atoms with Crippen molar-refractivity contribution in [2.75, 3.05) is 33.9 Å². The number of para-hydroxylation sites is 1. The lowest BCUT2D eigenvalue weighted by molar-refractivity contribution is -0.162. The topological polar surface area (TPSA) is 54.6 Å². The maximum atomic E-state index is 13.4. The van der Waals surface area contributed by atoms with E-state index in [0.29, 0.717) is 11.8 Å². The smallest absolute Gasteiger partial charge is 0.319 e. The van der Waals surface area contributed by atoms with Gasteiger partial charge in [-0.05, 0) is 49.1 Å². The van der Waals surface area contributed by atoms with E-state index >= 15 is 0 Å². The third kappa shape index (κ3) is 2.34. The van der Waals surface area contributed by atoms with Crippen LogP contribution >= 0.6 is 0 Å². The molecule has 2 saturated heterocycles. The number of nitrogens with zero attached hydrogens (tertiary/aromatic N) is 1. The standard InChI is InChI=1S/C22H28N2O3/c1-26-10-8-15-11-14-12-22(21(25)27-2)19-17(7-9-24(13-14)20(15)22)16-5-3-4-6-18(16)23-19/h3-6,14-15,20,23H,7-13H2,1-2H3/t14-,15?,20?,22?/m1/s1. The minimum atomic E-state index is -0.584. The Morgan fingerprint density at radius 3 is 3.00 bits per heavy atom. The molecule has 2 aromatic rings. The first-order valence-corrected chi connectivity index (χ1v) is 10.1. The molecule has 6 rings (SSSR count). The normalized spacial score (nSPS) is 34.3. The molecular formula is C22H28N2O3. The van der Waals surface area contributed by atoms with Gasteiger partial charge in [0.2, 0.25) is 0 Å². The van der Waals surface area contributed by atoms with Crippen molar-refractivity contribution in [1.29, 1.82) is 0 Å². The first-order chi connectivity index (χ1) is 13.2. The van der Waals surface area contributed by atoms with Crippen LogP contribution < -0.4 is 0 Å². The Labute approximate surface area is 160 Å². The molecule has 144 valence electrons. The largest absolute Gasteiger partial charge is 0.468 e. The Kier molecular flexibility index (Phi) is 4.06. The van der Waals surface area contributed by atoms with Crippen molar-refractivity contribution in [3.8, 4) is 0 Å². The molecule has 4 unspecified atom stereocenters. The van der Waals surface area contributed by atoms with E-state index in [1.807, 2.05) is 0 Å². The summed E-state index contributed by atoms with van der Waals surface area (Å²) in [6.07, 6.45) is 4.07. The van der Waals surface area contributed by atoms with Crippen LogP contribution in [-0.2, 0) is 26.1 Å². The number of methoxy groups -OCH3 is 2. The molecule has 5 heteroatoms. The second-order valence-corrected chi connectivity index (χ2v) is 8.52. The number of hydrogen-bond donors (Lipinski definition) is 1. The first kappa shape index (κ1) is 17.3. The number of ether oxygens (including phenoxy) is 2. The van der Waals surface area contributed by atoms with Crippen molar-refractivity contribution in [2.45, 2.75) is 37.1 Å². The third-order valence-electron chi connectivity index (χ3n) is 7.24. The summed E-state index contributed by atoms with van der Waals surface area (Å²) in [6.45, 7) is 2.87. The van der Waals surface area contributed by atoms with Crippen molar-refractivity contribution < 1.29 is 14.3 Å². The Morgan fingerprint density at radius 2 is 2.19 bits per heavy atom. The van der Waals surface area contributed by atoms with Crippen molar-refractivity contribution >= 4 is 16.9 Å². The average Bonchev–Trinajstić information content (AvgIpc) is 3.04. The number of piperidine rings is 2. The number of rotatable bonds is 4. The van der Waals surface area contributed by atoms with Crippen molar-refractivity contribution in [2.24, 2.45) is 11.8 Å². The number of fused-ring (bicyclic) bond motifs is 4. The number of aromatic nitrogens is 1. The van der Waals surface area contributed by atoms with E-state index < -0.39 is 5.41 Å². The lowest BCUT2D eigenvalue weighted by atomic mass is 9.56. The van der Waals surface area contributed by atoms with Crippen LogP contribution in [0.1, 0.15) is 30.5 Å². The fourth-order valence-electron chi connectivity index (χ4n) is 6.42. The lowest BCUT2D eigenvalue weighted by Gasteiger charge is -2.58. The van der Waals surface area contributed by atoms with Gasteiger partial charge in [0, 0.05) is 49.4 Å². The Hall–Kier alpha value is -1.85. The highest BCUT2D eigenvalue weighted by molar-refractivity contribution is 5.91. The monoisotopic (exact) mass is 368 g/mol. The summed E-state index contributed by atoms with van der Waals surface area (Å²) in [7, 11) is 3.31. The average molecular weight is 368 g/mol. The molecule has 5 atom stereocenters. The lowest BCUT2D eigenvalue weighted by Crippen LogP contribution is -2.67. The summed E-state index contributed by atoms with van der Waals surface area (Å²) in [4.78, 5) is 19.7. The number of H-pyrrole nitrogens is 1. The van der Waals surface area contributed by atoms with Gasteiger partial charge in [0.1, 0.15) is 5.41 Å². The van der Waals surface area contributed by atoms with Gasteiger partial charge in [-0.2, -0.15) is 0 Å². The van der Waals surface area contributed by atoms with Crippen LogP contribution in [0.3, 0.4) is 0 Å². The predicted octanol–water partition coefficient (Wildman–Crippen LogP) is 2.88. The molecule has 5 nitrogen and oxygen atoms in total. The van der Waals surface area contributed by atoms with Crippen LogP contribution in [0.2, 0.25) is 0 Å². The van der Waals surface area contributed by atoms with Gasteiger partial charge in [0.15, 0.2) is 0 Å². The Morgan fingerprint density at radius 1 is 1.33 bits per heavy atom. The number of carbonyl (C=O) groups excluding carboxylic acids is 1. The van der Waals surface area contributed by atoms with Crippen LogP contribution in [0.4, 0.5) is 0 Å². The zero-order valence-electron chi connectivity index (χ0n) is 16.2. The third-order valence-corrected chi connectivity index (χ3v) is 7.24. The molecular weight excluding hydrogens is 340 g/mol. The summed E-state index contributed by atoms with van der Waals surface area (Å²) in [5, 5.41) is 1.26. The maximum Gasteiger partial charge on any atom is 0.319 e. The summed E-state index contributed by atoms with van der Waals surface area (Å²) >= 11 is 0. The van der Waals surface area contributed by atoms with Gasteiger partial charge in [0.05, 0.1) is 7.11 Å². The minimum Gasteiger partial charge on any atom is -0.468 e. The van der Waals surface area contributed by atoms with E-state index in [9.17, 15) is 4.79 Å². The van der Waals surface area contributed by atoms with Crippen LogP contribution in [0.25, 0.3) is 10.9 Å². The number of esters is 1. The van der Waals surface area contributed by atoms with Crippen LogP contribution in [0.5, 0.6) is 0 Å². The highest BCUT2D eigenvalue weighted by Gasteiger charge is 2.62. The number of carbonyl (C=O) groups is 1. The summed E-state index contributed by atoms with van der Waals surface area (Å²) in [6, 6.07) is 8.65. The zero-order chi connectivity index (χ0) is 18.6. The molecule has 3 aliphatic heterocycles. The highest BCUT2D eigenvalue weighted by atomic mass is 16.5. The summed E-state index contributed by atoms with van der Waals surface area (Å²) < 4.78 is 10.9. The highest BCUT2D eigenvalue weighted by Crippen LogP contribution is 2.55. The molecule has 1 N–H and O–H groups in total. The number of aromatic amines is 1. The van der Waals surface area contributed by atoms with E-state index in [4.69, 9.17) is 9.47 Å². The van der Waals surface area contributed by atoms with Gasteiger partial charge in [-0.15, -0.1) is 0 Å². The first-order valence-electron chi connectivity index (χ1n) is 10.1. The molecule has 0 radical (unpaired) electrons. The van der Waals surface area contributed by atoms with Gasteiger partial charge < -0.3 is 14.5 Å². The van der Waals surface area contributed by atoms with E-state index in [1.54, 1.807) is 14.2 Å². The van der Waals surface area contributed by atoms with Gasteiger partial charge in [-0.1, -0.05) is 18.2 Å². The second-order valence-electron chi connectivity index (χ2n) is 8.52. The number of benzene rings is 1. The number of nitrogens with one attached hydrogen (secondary N) is 1. The molecule has 27 heavy (non-hydrogen) atoms. The molecule has 3 fully saturated rings. The fourth-order valence-corrected chi connectivity index (χ4v) is 6.42. The maximum absolute atomic E-state index is 13.4.